The molecule has 1 fully saturated rings. The van der Waals surface area contributed by atoms with Crippen LogP contribution >= 0.6 is 23.4 Å². The zero-order valence-electron chi connectivity index (χ0n) is 15.8. The van der Waals surface area contributed by atoms with E-state index in [0.29, 0.717) is 10.8 Å². The van der Waals surface area contributed by atoms with Crippen molar-refractivity contribution in [3.05, 3.63) is 76.7 Å². The second-order valence-corrected chi connectivity index (χ2v) is 8.45. The number of imide groups is 1. The van der Waals surface area contributed by atoms with Crippen molar-refractivity contribution >= 4 is 41.0 Å². The van der Waals surface area contributed by atoms with Crippen LogP contribution in [0.25, 0.3) is 11.4 Å². The number of rotatable bonds is 4. The summed E-state index contributed by atoms with van der Waals surface area (Å²) in [5, 5.41) is 5.82. The summed E-state index contributed by atoms with van der Waals surface area (Å²) >= 11 is 7.23. The van der Waals surface area contributed by atoms with Gasteiger partial charge in [-0.2, -0.15) is 4.98 Å². The largest absolute Gasteiger partial charge is 0.337 e. The molecule has 2 aliphatic rings. The predicted molar refractivity (Wildman–Crippen MR) is 114 cm³/mol. The number of aromatic nitrogens is 2. The molecular formula is C21H14ClFN4O3S. The van der Waals surface area contributed by atoms with E-state index in [9.17, 15) is 14.0 Å². The van der Waals surface area contributed by atoms with E-state index in [1.54, 1.807) is 35.7 Å². The fourth-order valence-corrected chi connectivity index (χ4v) is 4.72. The van der Waals surface area contributed by atoms with Gasteiger partial charge in [-0.3, -0.25) is 4.79 Å². The molecule has 0 aliphatic carbocycles. The number of carbonyl (C=O) groups is 2. The predicted octanol–water partition coefficient (Wildman–Crippen LogP) is 4.50. The average molecular weight is 457 g/mol. The van der Waals surface area contributed by atoms with Gasteiger partial charge in [0.15, 0.2) is 0 Å². The van der Waals surface area contributed by atoms with Crippen LogP contribution in [0.4, 0.5) is 14.9 Å². The van der Waals surface area contributed by atoms with Crippen LogP contribution in [0.1, 0.15) is 5.89 Å². The highest BCUT2D eigenvalue weighted by Gasteiger charge is 2.48. The summed E-state index contributed by atoms with van der Waals surface area (Å²) < 4.78 is 19.1. The molecule has 7 nitrogen and oxygen atoms in total. The lowest BCUT2D eigenvalue weighted by Gasteiger charge is -2.40. The van der Waals surface area contributed by atoms with Crippen LogP contribution in [-0.2, 0) is 11.3 Å². The summed E-state index contributed by atoms with van der Waals surface area (Å²) in [6, 6.07) is 11.3. The van der Waals surface area contributed by atoms with Crippen molar-refractivity contribution in [3.8, 4) is 11.4 Å². The number of thioether (sulfide) groups is 1. The lowest BCUT2D eigenvalue weighted by Crippen LogP contribution is -2.61. The van der Waals surface area contributed by atoms with Crippen molar-refractivity contribution in [1.29, 1.82) is 0 Å². The van der Waals surface area contributed by atoms with E-state index in [0.717, 1.165) is 16.5 Å². The number of hydrogen-bond donors (Lipinski definition) is 0. The minimum atomic E-state index is -0.574. The molecule has 5 rings (SSSR count). The number of carbonyl (C=O) groups excluding carboxylic acids is 2. The van der Waals surface area contributed by atoms with Crippen LogP contribution in [0.2, 0.25) is 5.02 Å². The molecule has 156 valence electrons. The monoisotopic (exact) mass is 456 g/mol. The summed E-state index contributed by atoms with van der Waals surface area (Å²) in [6.45, 7) is 0.00455. The lowest BCUT2D eigenvalue weighted by atomic mass is 10.1. The van der Waals surface area contributed by atoms with Crippen LogP contribution in [0.3, 0.4) is 0 Å². The van der Waals surface area contributed by atoms with E-state index in [-0.39, 0.29) is 24.0 Å². The Morgan fingerprint density at radius 2 is 1.97 bits per heavy atom. The van der Waals surface area contributed by atoms with Gasteiger partial charge in [0.05, 0.1) is 11.7 Å². The van der Waals surface area contributed by atoms with Gasteiger partial charge in [0.1, 0.15) is 17.6 Å². The number of amides is 3. The first-order valence-corrected chi connectivity index (χ1v) is 10.6. The van der Waals surface area contributed by atoms with Gasteiger partial charge in [0.2, 0.25) is 11.7 Å². The van der Waals surface area contributed by atoms with E-state index in [2.05, 4.69) is 10.1 Å². The fourth-order valence-electron chi connectivity index (χ4n) is 3.55. The van der Waals surface area contributed by atoms with Crippen LogP contribution in [0.15, 0.2) is 64.5 Å². The Morgan fingerprint density at radius 1 is 1.16 bits per heavy atom. The molecule has 0 bridgehead atoms. The maximum absolute atomic E-state index is 13.8. The Kier molecular flexibility index (Phi) is 4.99. The molecule has 0 spiro atoms. The van der Waals surface area contributed by atoms with Crippen molar-refractivity contribution < 1.29 is 18.5 Å². The van der Waals surface area contributed by atoms with Gasteiger partial charge >= 0.3 is 6.03 Å². The molecule has 2 atom stereocenters. The van der Waals surface area contributed by atoms with Crippen LogP contribution in [-0.4, -0.2) is 38.3 Å². The van der Waals surface area contributed by atoms with Crippen molar-refractivity contribution in [2.24, 2.45) is 0 Å². The van der Waals surface area contributed by atoms with Crippen molar-refractivity contribution in [3.63, 3.8) is 0 Å². The molecule has 31 heavy (non-hydrogen) atoms. The van der Waals surface area contributed by atoms with Gasteiger partial charge in [-0.25, -0.2) is 14.1 Å². The second kappa shape index (κ2) is 7.82. The van der Waals surface area contributed by atoms with Gasteiger partial charge in [-0.05, 0) is 47.9 Å². The molecule has 2 unspecified atom stereocenters. The maximum atomic E-state index is 13.8. The highest BCUT2D eigenvalue weighted by atomic mass is 35.5. The molecule has 0 N–H and O–H groups in total. The Bertz CT molecular complexity index is 1200. The van der Waals surface area contributed by atoms with E-state index < -0.39 is 23.1 Å². The third-order valence-electron chi connectivity index (χ3n) is 5.01. The van der Waals surface area contributed by atoms with Gasteiger partial charge in [-0.1, -0.05) is 28.9 Å². The molecule has 1 saturated heterocycles. The fraction of sp³-hybridized carbons (Fsp3) is 0.143. The number of benzene rings is 2. The molecule has 0 saturated carbocycles. The molecule has 10 heteroatoms. The first kappa shape index (κ1) is 19.8. The highest BCUT2D eigenvalue weighted by molar-refractivity contribution is 8.03. The van der Waals surface area contributed by atoms with E-state index in [1.165, 1.54) is 34.9 Å². The standard InChI is InChI=1S/C21H14ClFN4O3S/c22-13-6-4-12(5-7-13)19-24-17(30-25-19)11-26-16-8-9-31-18(16)20(28)27(21(26)29)15-3-1-2-14(23)10-15/h1-10,16,18H,11H2. The second-order valence-electron chi connectivity index (χ2n) is 6.96. The number of hydrogen-bond acceptors (Lipinski definition) is 6. The molecule has 0 radical (unpaired) electrons. The van der Waals surface area contributed by atoms with E-state index in [1.807, 2.05) is 0 Å². The van der Waals surface area contributed by atoms with Crippen LogP contribution in [0, 0.1) is 5.82 Å². The molecule has 3 amide bonds. The molecule has 1 aromatic heterocycles. The molecule has 2 aliphatic heterocycles. The summed E-state index contributed by atoms with van der Waals surface area (Å²) in [5.74, 6) is -0.342. The third-order valence-corrected chi connectivity index (χ3v) is 6.35. The maximum Gasteiger partial charge on any atom is 0.332 e. The molecule has 2 aromatic carbocycles. The van der Waals surface area contributed by atoms with Crippen LogP contribution in [0.5, 0.6) is 0 Å². The Labute approximate surface area is 185 Å². The van der Waals surface area contributed by atoms with E-state index in [4.69, 9.17) is 16.1 Å². The summed E-state index contributed by atoms with van der Waals surface area (Å²) in [5.41, 5.74) is 0.897. The van der Waals surface area contributed by atoms with Crippen molar-refractivity contribution in [2.45, 2.75) is 17.8 Å². The van der Waals surface area contributed by atoms with Gasteiger partial charge in [0.25, 0.3) is 5.91 Å². The zero-order chi connectivity index (χ0) is 21.5. The van der Waals surface area contributed by atoms with E-state index >= 15 is 0 Å². The first-order chi connectivity index (χ1) is 15.0. The molecular weight excluding hydrogens is 443 g/mol. The number of nitrogens with zero attached hydrogens (tertiary/aromatic N) is 4. The average Bonchev–Trinajstić information content (AvgIpc) is 3.42. The zero-order valence-corrected chi connectivity index (χ0v) is 17.4. The molecule has 3 aromatic rings. The summed E-state index contributed by atoms with van der Waals surface area (Å²) in [6.07, 6.45) is 1.80. The quantitative estimate of drug-likeness (QED) is 0.575. The summed E-state index contributed by atoms with van der Waals surface area (Å²) in [4.78, 5) is 33.1. The number of fused-ring (bicyclic) bond motifs is 1. The van der Waals surface area contributed by atoms with Crippen molar-refractivity contribution in [1.82, 2.24) is 15.0 Å². The highest BCUT2D eigenvalue weighted by Crippen LogP contribution is 2.37. The third kappa shape index (κ3) is 3.60. The number of anilines is 1. The lowest BCUT2D eigenvalue weighted by molar-refractivity contribution is -0.119. The SMILES string of the molecule is O=C1C2SC=CC2N(Cc2nc(-c3ccc(Cl)cc3)no2)C(=O)N1c1cccc(F)c1. The Balaban J connectivity index is 1.45. The minimum absolute atomic E-state index is 0.00455. The van der Waals surface area contributed by atoms with Gasteiger partial charge in [0, 0.05) is 10.6 Å². The summed E-state index contributed by atoms with van der Waals surface area (Å²) in [7, 11) is 0. The van der Waals surface area contributed by atoms with Gasteiger partial charge in [-0.15, -0.1) is 11.8 Å². The molecule has 3 heterocycles. The van der Waals surface area contributed by atoms with Gasteiger partial charge < -0.3 is 9.42 Å². The van der Waals surface area contributed by atoms with Crippen LogP contribution < -0.4 is 4.90 Å². The smallest absolute Gasteiger partial charge is 0.332 e. The van der Waals surface area contributed by atoms with Crippen molar-refractivity contribution in [2.75, 3.05) is 4.90 Å². The normalized spacial score (nSPS) is 20.5. The minimum Gasteiger partial charge on any atom is -0.337 e. The Hall–Kier alpha value is -3.17. The Morgan fingerprint density at radius 3 is 2.74 bits per heavy atom. The first-order valence-electron chi connectivity index (χ1n) is 9.32. The number of urea groups is 1. The number of halogens is 2. The topological polar surface area (TPSA) is 79.5 Å².